The summed E-state index contributed by atoms with van der Waals surface area (Å²) in [5, 5.41) is 2.72. The topological polar surface area (TPSA) is 64.3 Å². The number of nitrogens with two attached hydrogens (primary N) is 1. The van der Waals surface area contributed by atoms with Crippen LogP contribution in [0.4, 0.5) is 13.6 Å². The molecule has 4 nitrogen and oxygen atoms in total. The van der Waals surface area contributed by atoms with E-state index < -0.39 is 17.6 Å². The number of amides is 1. The van der Waals surface area contributed by atoms with E-state index in [1.54, 1.807) is 20.8 Å². The number of halogens is 2. The standard InChI is InChI=1S/C15H28F2N2O2/c1-13(2,3)21-12(20)19-10-14(4,9-18)11-5-7-15(16,17)8-6-11/h11H,5-10,18H2,1-4H3,(H,19,20). The van der Waals surface area contributed by atoms with Crippen molar-refractivity contribution in [3.8, 4) is 0 Å². The van der Waals surface area contributed by atoms with Gasteiger partial charge in [-0.05, 0) is 46.1 Å². The number of alkyl carbamates (subject to hydrolysis) is 1. The van der Waals surface area contributed by atoms with Gasteiger partial charge in [-0.2, -0.15) is 0 Å². The van der Waals surface area contributed by atoms with Gasteiger partial charge in [0, 0.05) is 24.8 Å². The van der Waals surface area contributed by atoms with Crippen LogP contribution in [0.15, 0.2) is 0 Å². The fourth-order valence-corrected chi connectivity index (χ4v) is 2.71. The lowest BCUT2D eigenvalue weighted by molar-refractivity contribution is -0.0613. The molecule has 0 spiro atoms. The van der Waals surface area contributed by atoms with E-state index >= 15 is 0 Å². The normalized spacial score (nSPS) is 22.4. The van der Waals surface area contributed by atoms with Gasteiger partial charge in [0.25, 0.3) is 0 Å². The van der Waals surface area contributed by atoms with E-state index in [9.17, 15) is 13.6 Å². The zero-order valence-electron chi connectivity index (χ0n) is 13.5. The van der Waals surface area contributed by atoms with Crippen LogP contribution in [0.1, 0.15) is 53.4 Å². The molecule has 1 aliphatic rings. The van der Waals surface area contributed by atoms with Crippen molar-refractivity contribution in [1.82, 2.24) is 5.32 Å². The predicted octanol–water partition coefficient (Wildman–Crippen LogP) is 3.30. The Labute approximate surface area is 125 Å². The maximum atomic E-state index is 13.2. The van der Waals surface area contributed by atoms with E-state index in [0.717, 1.165) is 0 Å². The second-order valence-corrected chi connectivity index (χ2v) is 7.34. The fraction of sp³-hybridized carbons (Fsp3) is 0.933. The molecule has 1 unspecified atom stereocenters. The van der Waals surface area contributed by atoms with Gasteiger partial charge in [0.1, 0.15) is 5.60 Å². The van der Waals surface area contributed by atoms with Crippen LogP contribution in [-0.4, -0.2) is 30.7 Å². The Hall–Kier alpha value is -0.910. The van der Waals surface area contributed by atoms with Crippen molar-refractivity contribution in [3.05, 3.63) is 0 Å². The first kappa shape index (κ1) is 18.1. The Morgan fingerprint density at radius 2 is 1.81 bits per heavy atom. The van der Waals surface area contributed by atoms with Gasteiger partial charge in [-0.1, -0.05) is 6.92 Å². The van der Waals surface area contributed by atoms with Gasteiger partial charge in [-0.3, -0.25) is 0 Å². The highest BCUT2D eigenvalue weighted by atomic mass is 19.3. The minimum atomic E-state index is -2.55. The summed E-state index contributed by atoms with van der Waals surface area (Å²) >= 11 is 0. The molecule has 124 valence electrons. The van der Waals surface area contributed by atoms with E-state index in [0.29, 0.717) is 25.9 Å². The largest absolute Gasteiger partial charge is 0.444 e. The first-order chi connectivity index (χ1) is 9.47. The molecule has 0 aliphatic heterocycles. The summed E-state index contributed by atoms with van der Waals surface area (Å²) in [7, 11) is 0. The first-order valence-corrected chi connectivity index (χ1v) is 7.52. The number of carbonyl (C=O) groups excluding carboxylic acids is 1. The summed E-state index contributed by atoms with van der Waals surface area (Å²) in [6.07, 6.45) is 0.190. The van der Waals surface area contributed by atoms with Crippen LogP contribution in [0.5, 0.6) is 0 Å². The van der Waals surface area contributed by atoms with E-state index in [-0.39, 0.29) is 24.2 Å². The number of hydrogen-bond donors (Lipinski definition) is 2. The van der Waals surface area contributed by atoms with Crippen LogP contribution >= 0.6 is 0 Å². The number of carbonyl (C=O) groups is 1. The van der Waals surface area contributed by atoms with Crippen LogP contribution in [0.3, 0.4) is 0 Å². The molecule has 3 N–H and O–H groups in total. The Balaban J connectivity index is 2.54. The molecule has 0 saturated heterocycles. The smallest absolute Gasteiger partial charge is 0.407 e. The maximum absolute atomic E-state index is 13.2. The highest BCUT2D eigenvalue weighted by Gasteiger charge is 2.42. The number of alkyl halides is 2. The number of hydrogen-bond acceptors (Lipinski definition) is 3. The number of nitrogens with one attached hydrogen (secondary N) is 1. The average Bonchev–Trinajstić information content (AvgIpc) is 2.34. The van der Waals surface area contributed by atoms with Gasteiger partial charge < -0.3 is 15.8 Å². The molecule has 1 fully saturated rings. The van der Waals surface area contributed by atoms with E-state index in [2.05, 4.69) is 5.32 Å². The predicted molar refractivity (Wildman–Crippen MR) is 78.3 cm³/mol. The summed E-state index contributed by atoms with van der Waals surface area (Å²) in [6.45, 7) is 8.00. The van der Waals surface area contributed by atoms with E-state index in [1.807, 2.05) is 6.92 Å². The molecule has 0 aromatic rings. The van der Waals surface area contributed by atoms with Crippen molar-refractivity contribution in [2.24, 2.45) is 17.1 Å². The third-order valence-electron chi connectivity index (χ3n) is 4.20. The SMILES string of the molecule is CC(C)(C)OC(=O)NCC(C)(CN)C1CCC(F)(F)CC1. The molecule has 1 atom stereocenters. The van der Waals surface area contributed by atoms with Crippen LogP contribution in [-0.2, 0) is 4.74 Å². The van der Waals surface area contributed by atoms with Gasteiger partial charge in [-0.25, -0.2) is 13.6 Å². The quantitative estimate of drug-likeness (QED) is 0.837. The van der Waals surface area contributed by atoms with Crippen LogP contribution in [0.25, 0.3) is 0 Å². The molecule has 6 heteroatoms. The Morgan fingerprint density at radius 1 is 1.29 bits per heavy atom. The lowest BCUT2D eigenvalue weighted by Gasteiger charge is -2.41. The summed E-state index contributed by atoms with van der Waals surface area (Å²) in [6, 6.07) is 0. The fourth-order valence-electron chi connectivity index (χ4n) is 2.71. The molecule has 1 aliphatic carbocycles. The summed E-state index contributed by atoms with van der Waals surface area (Å²) in [4.78, 5) is 11.7. The van der Waals surface area contributed by atoms with Crippen LogP contribution in [0.2, 0.25) is 0 Å². The highest BCUT2D eigenvalue weighted by molar-refractivity contribution is 5.67. The molecule has 0 heterocycles. The van der Waals surface area contributed by atoms with E-state index in [1.165, 1.54) is 0 Å². The van der Waals surface area contributed by atoms with Crippen LogP contribution in [0, 0.1) is 11.3 Å². The molecule has 1 saturated carbocycles. The summed E-state index contributed by atoms with van der Waals surface area (Å²) in [5.74, 6) is -2.46. The molecular weight excluding hydrogens is 278 g/mol. The Kier molecular flexibility index (Phi) is 5.58. The van der Waals surface area contributed by atoms with E-state index in [4.69, 9.17) is 10.5 Å². The summed E-state index contributed by atoms with van der Waals surface area (Å²) < 4.78 is 31.7. The summed E-state index contributed by atoms with van der Waals surface area (Å²) in [5.41, 5.74) is 4.90. The molecule has 0 aromatic heterocycles. The molecule has 21 heavy (non-hydrogen) atoms. The third kappa shape index (κ3) is 5.77. The lowest BCUT2D eigenvalue weighted by Crippen LogP contribution is -2.48. The second-order valence-electron chi connectivity index (χ2n) is 7.34. The maximum Gasteiger partial charge on any atom is 0.407 e. The molecule has 0 bridgehead atoms. The molecule has 1 rings (SSSR count). The molecule has 0 aromatic carbocycles. The number of ether oxygens (including phenoxy) is 1. The van der Waals surface area contributed by atoms with Crippen molar-refractivity contribution < 1.29 is 18.3 Å². The van der Waals surface area contributed by atoms with Crippen molar-refractivity contribution >= 4 is 6.09 Å². The zero-order chi connectivity index (χ0) is 16.3. The minimum Gasteiger partial charge on any atom is -0.444 e. The van der Waals surface area contributed by atoms with Gasteiger partial charge in [0.2, 0.25) is 5.92 Å². The number of rotatable bonds is 4. The third-order valence-corrected chi connectivity index (χ3v) is 4.20. The van der Waals surface area contributed by atoms with Gasteiger partial charge in [0.15, 0.2) is 0 Å². The second kappa shape index (κ2) is 6.46. The van der Waals surface area contributed by atoms with Crippen molar-refractivity contribution in [2.75, 3.05) is 13.1 Å². The Morgan fingerprint density at radius 3 is 2.24 bits per heavy atom. The monoisotopic (exact) mass is 306 g/mol. The van der Waals surface area contributed by atoms with Gasteiger partial charge >= 0.3 is 6.09 Å². The molecule has 0 radical (unpaired) electrons. The van der Waals surface area contributed by atoms with Crippen LogP contribution < -0.4 is 11.1 Å². The molecular formula is C15H28F2N2O2. The minimum absolute atomic E-state index is 0.0945. The molecule has 1 amide bonds. The van der Waals surface area contributed by atoms with Crippen molar-refractivity contribution in [3.63, 3.8) is 0 Å². The lowest BCUT2D eigenvalue weighted by atomic mass is 9.69. The van der Waals surface area contributed by atoms with Crippen molar-refractivity contribution in [1.29, 1.82) is 0 Å². The average molecular weight is 306 g/mol. The Bertz CT molecular complexity index is 359. The first-order valence-electron chi connectivity index (χ1n) is 7.52. The van der Waals surface area contributed by atoms with Gasteiger partial charge in [-0.15, -0.1) is 0 Å². The zero-order valence-corrected chi connectivity index (χ0v) is 13.5. The van der Waals surface area contributed by atoms with Gasteiger partial charge in [0.05, 0.1) is 0 Å². The highest BCUT2D eigenvalue weighted by Crippen LogP contribution is 2.43. The van der Waals surface area contributed by atoms with Crippen molar-refractivity contribution in [2.45, 2.75) is 64.9 Å².